The Balaban J connectivity index is 1.49. The first kappa shape index (κ1) is 20.0. The van der Waals surface area contributed by atoms with E-state index in [0.717, 1.165) is 6.42 Å². The first-order valence-electron chi connectivity index (χ1n) is 10.2. The van der Waals surface area contributed by atoms with Gasteiger partial charge in [0.2, 0.25) is 0 Å². The molecule has 1 saturated heterocycles. The van der Waals surface area contributed by atoms with Gasteiger partial charge in [-0.25, -0.2) is 4.79 Å². The van der Waals surface area contributed by atoms with Crippen molar-refractivity contribution < 1.29 is 14.3 Å². The molecule has 1 heterocycles. The van der Waals surface area contributed by atoms with Crippen molar-refractivity contribution in [2.24, 2.45) is 0 Å². The fourth-order valence-corrected chi connectivity index (χ4v) is 3.04. The molecule has 0 amide bonds. The molecule has 0 spiro atoms. The molecule has 0 aromatic heterocycles. The molecule has 2 rings (SSSR count). The number of carbonyl (C=O) groups is 1. The Hall–Kier alpha value is -1.35. The highest BCUT2D eigenvalue weighted by atomic mass is 16.6. The number of ether oxygens (including phenoxy) is 2. The second kappa shape index (κ2) is 12.1. The summed E-state index contributed by atoms with van der Waals surface area (Å²) in [4.78, 5) is 11.9. The minimum absolute atomic E-state index is 0.125. The van der Waals surface area contributed by atoms with Crippen LogP contribution in [-0.2, 0) is 15.9 Å². The molecule has 1 fully saturated rings. The topological polar surface area (TPSA) is 38.8 Å². The SMILES string of the molecule is CCCCCCCCCCCCc1ccc(C(=O)OCC2CO2)cc1. The van der Waals surface area contributed by atoms with Crippen molar-refractivity contribution in [1.29, 1.82) is 0 Å². The van der Waals surface area contributed by atoms with Crippen LogP contribution in [0.3, 0.4) is 0 Å². The molecule has 0 bridgehead atoms. The van der Waals surface area contributed by atoms with Gasteiger partial charge < -0.3 is 9.47 Å². The fourth-order valence-electron chi connectivity index (χ4n) is 3.04. The Morgan fingerprint density at radius 2 is 1.52 bits per heavy atom. The van der Waals surface area contributed by atoms with Gasteiger partial charge in [0.25, 0.3) is 0 Å². The van der Waals surface area contributed by atoms with E-state index >= 15 is 0 Å². The number of rotatable bonds is 14. The van der Waals surface area contributed by atoms with E-state index in [0.29, 0.717) is 18.8 Å². The Bertz CT molecular complexity index is 477. The van der Waals surface area contributed by atoms with Crippen LogP contribution in [0.15, 0.2) is 24.3 Å². The quantitative estimate of drug-likeness (QED) is 0.246. The summed E-state index contributed by atoms with van der Waals surface area (Å²) in [7, 11) is 0. The maximum Gasteiger partial charge on any atom is 0.338 e. The zero-order valence-corrected chi connectivity index (χ0v) is 15.8. The second-order valence-electron chi connectivity index (χ2n) is 7.18. The van der Waals surface area contributed by atoms with Crippen molar-refractivity contribution in [2.75, 3.05) is 13.2 Å². The van der Waals surface area contributed by atoms with Gasteiger partial charge in [-0.05, 0) is 30.5 Å². The fraction of sp³-hybridized carbons (Fsp3) is 0.682. The van der Waals surface area contributed by atoms with Gasteiger partial charge in [0, 0.05) is 0 Å². The predicted octanol–water partition coefficient (Wildman–Crippen LogP) is 5.71. The highest BCUT2D eigenvalue weighted by Gasteiger charge is 2.24. The maximum atomic E-state index is 11.9. The molecule has 25 heavy (non-hydrogen) atoms. The molecule has 1 aromatic rings. The lowest BCUT2D eigenvalue weighted by Crippen LogP contribution is -2.09. The van der Waals surface area contributed by atoms with E-state index < -0.39 is 0 Å². The van der Waals surface area contributed by atoms with Gasteiger partial charge in [-0.1, -0.05) is 76.8 Å². The maximum absolute atomic E-state index is 11.9. The standard InChI is InChI=1S/C22H34O3/c1-2-3-4-5-6-7-8-9-10-11-12-19-13-15-20(16-14-19)22(23)25-18-21-17-24-21/h13-16,21H,2-12,17-18H2,1H3. The van der Waals surface area contributed by atoms with E-state index in [1.54, 1.807) is 0 Å². The predicted molar refractivity (Wildman–Crippen MR) is 102 cm³/mol. The first-order valence-corrected chi connectivity index (χ1v) is 10.2. The molecule has 1 aliphatic rings. The van der Waals surface area contributed by atoms with Crippen LogP contribution in [0.2, 0.25) is 0 Å². The third-order valence-corrected chi connectivity index (χ3v) is 4.81. The number of aryl methyl sites for hydroxylation is 1. The zero-order chi connectivity index (χ0) is 17.7. The van der Waals surface area contributed by atoms with Crippen molar-refractivity contribution in [3.63, 3.8) is 0 Å². The molecule has 1 aromatic carbocycles. The Morgan fingerprint density at radius 3 is 2.08 bits per heavy atom. The summed E-state index contributed by atoms with van der Waals surface area (Å²) in [6, 6.07) is 7.86. The molecule has 0 aliphatic carbocycles. The Labute approximate surface area is 153 Å². The van der Waals surface area contributed by atoms with E-state index in [2.05, 4.69) is 19.1 Å². The number of esters is 1. The molecule has 0 radical (unpaired) electrons. The summed E-state index contributed by atoms with van der Waals surface area (Å²) < 4.78 is 10.2. The van der Waals surface area contributed by atoms with Crippen molar-refractivity contribution >= 4 is 5.97 Å². The lowest BCUT2D eigenvalue weighted by Gasteiger charge is -2.05. The van der Waals surface area contributed by atoms with Crippen LogP contribution in [0.4, 0.5) is 0 Å². The smallest absolute Gasteiger partial charge is 0.338 e. The number of hydrogen-bond acceptors (Lipinski definition) is 3. The average molecular weight is 347 g/mol. The van der Waals surface area contributed by atoms with Crippen molar-refractivity contribution in [2.45, 2.75) is 83.7 Å². The third kappa shape index (κ3) is 9.06. The average Bonchev–Trinajstić information content (AvgIpc) is 3.46. The van der Waals surface area contributed by atoms with Gasteiger partial charge in [-0.3, -0.25) is 0 Å². The first-order chi connectivity index (χ1) is 12.3. The van der Waals surface area contributed by atoms with Crippen LogP contribution in [0, 0.1) is 0 Å². The highest BCUT2D eigenvalue weighted by Crippen LogP contribution is 2.14. The summed E-state index contributed by atoms with van der Waals surface area (Å²) in [6.07, 6.45) is 14.8. The molecule has 3 nitrogen and oxygen atoms in total. The molecule has 0 N–H and O–H groups in total. The van der Waals surface area contributed by atoms with Crippen LogP contribution in [0.5, 0.6) is 0 Å². The lowest BCUT2D eigenvalue weighted by molar-refractivity contribution is 0.0476. The van der Waals surface area contributed by atoms with Crippen LogP contribution < -0.4 is 0 Å². The van der Waals surface area contributed by atoms with Gasteiger partial charge in [-0.2, -0.15) is 0 Å². The van der Waals surface area contributed by atoms with Crippen LogP contribution in [0.1, 0.15) is 87.1 Å². The summed E-state index contributed by atoms with van der Waals surface area (Å²) in [5.41, 5.74) is 1.94. The van der Waals surface area contributed by atoms with E-state index in [1.165, 1.54) is 69.8 Å². The Morgan fingerprint density at radius 1 is 0.960 bits per heavy atom. The third-order valence-electron chi connectivity index (χ3n) is 4.81. The summed E-state index contributed by atoms with van der Waals surface area (Å²) in [5, 5.41) is 0. The molecule has 140 valence electrons. The number of unbranched alkanes of at least 4 members (excludes halogenated alkanes) is 9. The van der Waals surface area contributed by atoms with Crippen LogP contribution in [0.25, 0.3) is 0 Å². The number of carbonyl (C=O) groups excluding carboxylic acids is 1. The van der Waals surface area contributed by atoms with Crippen molar-refractivity contribution in [1.82, 2.24) is 0 Å². The minimum Gasteiger partial charge on any atom is -0.459 e. The van der Waals surface area contributed by atoms with Crippen molar-refractivity contribution in [3.8, 4) is 0 Å². The molecular weight excluding hydrogens is 312 g/mol. The van der Waals surface area contributed by atoms with Gasteiger partial charge in [0.15, 0.2) is 0 Å². The summed E-state index contributed by atoms with van der Waals surface area (Å²) in [5.74, 6) is -0.249. The second-order valence-corrected chi connectivity index (χ2v) is 7.18. The normalized spacial score (nSPS) is 16.0. The number of benzene rings is 1. The summed E-state index contributed by atoms with van der Waals surface area (Å²) in [6.45, 7) is 3.36. The Kier molecular flexibility index (Phi) is 9.65. The molecule has 1 aliphatic heterocycles. The van der Waals surface area contributed by atoms with Gasteiger partial charge in [0.1, 0.15) is 12.7 Å². The monoisotopic (exact) mass is 346 g/mol. The molecular formula is C22H34O3. The number of hydrogen-bond donors (Lipinski definition) is 0. The highest BCUT2D eigenvalue weighted by molar-refractivity contribution is 5.89. The molecule has 0 saturated carbocycles. The van der Waals surface area contributed by atoms with Gasteiger partial charge in [-0.15, -0.1) is 0 Å². The lowest BCUT2D eigenvalue weighted by atomic mass is 10.0. The minimum atomic E-state index is -0.249. The zero-order valence-electron chi connectivity index (χ0n) is 15.8. The molecule has 3 heteroatoms. The number of epoxide rings is 1. The van der Waals surface area contributed by atoms with E-state index in [4.69, 9.17) is 9.47 Å². The molecule has 1 atom stereocenters. The van der Waals surface area contributed by atoms with Crippen LogP contribution in [-0.4, -0.2) is 25.3 Å². The van der Waals surface area contributed by atoms with Crippen molar-refractivity contribution in [3.05, 3.63) is 35.4 Å². The van der Waals surface area contributed by atoms with E-state index in [9.17, 15) is 4.79 Å². The molecule has 1 unspecified atom stereocenters. The summed E-state index contributed by atoms with van der Waals surface area (Å²) >= 11 is 0. The largest absolute Gasteiger partial charge is 0.459 e. The van der Waals surface area contributed by atoms with Gasteiger partial charge in [0.05, 0.1) is 12.2 Å². The van der Waals surface area contributed by atoms with E-state index in [-0.39, 0.29) is 12.1 Å². The van der Waals surface area contributed by atoms with E-state index in [1.807, 2.05) is 12.1 Å². The van der Waals surface area contributed by atoms with Gasteiger partial charge >= 0.3 is 5.97 Å². The van der Waals surface area contributed by atoms with Crippen LogP contribution >= 0.6 is 0 Å².